The largest absolute Gasteiger partial charge is 0.345 e. The van der Waals surface area contributed by atoms with Crippen LogP contribution in [0.3, 0.4) is 0 Å². The minimum absolute atomic E-state index is 0.0406. The number of carbonyl (C=O) groups is 2. The topological polar surface area (TPSA) is 97.4 Å². The first-order valence-electron chi connectivity index (χ1n) is 8.87. The summed E-state index contributed by atoms with van der Waals surface area (Å²) in [6.45, 7) is 1.71. The highest BCUT2D eigenvalue weighted by molar-refractivity contribution is 5.93. The van der Waals surface area contributed by atoms with E-state index in [2.05, 4.69) is 15.2 Å². The molecule has 3 heterocycles. The first-order chi connectivity index (χ1) is 12.5. The molecular weight excluding hydrogens is 336 g/mol. The molecule has 138 valence electrons. The van der Waals surface area contributed by atoms with E-state index in [1.54, 1.807) is 33.8 Å². The first-order valence-corrected chi connectivity index (χ1v) is 8.87. The molecule has 26 heavy (non-hydrogen) atoms. The first kappa shape index (κ1) is 16.7. The van der Waals surface area contributed by atoms with E-state index in [1.807, 2.05) is 7.05 Å². The molecule has 0 N–H and O–H groups in total. The van der Waals surface area contributed by atoms with Crippen LogP contribution in [-0.4, -0.2) is 68.2 Å². The molecule has 0 radical (unpaired) electrons. The average molecular weight is 358 g/mol. The lowest BCUT2D eigenvalue weighted by Crippen LogP contribution is -2.49. The molecule has 1 aliphatic heterocycles. The lowest BCUT2D eigenvalue weighted by molar-refractivity contribution is -0.131. The van der Waals surface area contributed by atoms with Gasteiger partial charge in [0.25, 0.3) is 5.91 Å². The highest BCUT2D eigenvalue weighted by Gasteiger charge is 2.37. The van der Waals surface area contributed by atoms with Crippen LogP contribution in [0.4, 0.5) is 0 Å². The SMILES string of the molecule is CN(CCc1noc(C2CN(C(=O)c3ccnn3C)C2)n1)C(=O)C1CC1. The predicted octanol–water partition coefficient (Wildman–Crippen LogP) is 0.454. The monoisotopic (exact) mass is 358 g/mol. The van der Waals surface area contributed by atoms with E-state index >= 15 is 0 Å². The summed E-state index contributed by atoms with van der Waals surface area (Å²) < 4.78 is 6.91. The molecular formula is C17H22N6O3. The van der Waals surface area contributed by atoms with Gasteiger partial charge in [-0.05, 0) is 18.9 Å². The Kier molecular flexibility index (Phi) is 4.21. The molecule has 2 aromatic rings. The Bertz CT molecular complexity index is 818. The van der Waals surface area contributed by atoms with Crippen molar-refractivity contribution in [2.24, 2.45) is 13.0 Å². The minimum Gasteiger partial charge on any atom is -0.345 e. The zero-order chi connectivity index (χ0) is 18.3. The molecule has 2 fully saturated rings. The van der Waals surface area contributed by atoms with Crippen LogP contribution >= 0.6 is 0 Å². The molecule has 0 bridgehead atoms. The summed E-state index contributed by atoms with van der Waals surface area (Å²) in [5.41, 5.74) is 0.568. The third-order valence-corrected chi connectivity index (χ3v) is 5.02. The Morgan fingerprint density at radius 3 is 2.77 bits per heavy atom. The van der Waals surface area contributed by atoms with Crippen LogP contribution in [0, 0.1) is 5.92 Å². The molecule has 0 aromatic carbocycles. The van der Waals surface area contributed by atoms with Gasteiger partial charge in [0, 0.05) is 52.3 Å². The van der Waals surface area contributed by atoms with Crippen molar-refractivity contribution in [3.8, 4) is 0 Å². The number of likely N-dealkylation sites (N-methyl/N-ethyl adjacent to an activating group) is 1. The minimum atomic E-state index is -0.0406. The van der Waals surface area contributed by atoms with Gasteiger partial charge in [0.15, 0.2) is 5.82 Å². The maximum absolute atomic E-state index is 12.4. The van der Waals surface area contributed by atoms with Crippen molar-refractivity contribution in [1.29, 1.82) is 0 Å². The predicted molar refractivity (Wildman–Crippen MR) is 90.2 cm³/mol. The van der Waals surface area contributed by atoms with Crippen molar-refractivity contribution in [2.45, 2.75) is 25.2 Å². The molecule has 9 heteroatoms. The fourth-order valence-electron chi connectivity index (χ4n) is 3.10. The van der Waals surface area contributed by atoms with Crippen LogP contribution in [0.25, 0.3) is 0 Å². The number of likely N-dealkylation sites (tertiary alicyclic amines) is 1. The van der Waals surface area contributed by atoms with Crippen molar-refractivity contribution in [3.63, 3.8) is 0 Å². The summed E-state index contributed by atoms with van der Waals surface area (Å²) in [4.78, 5) is 32.2. The van der Waals surface area contributed by atoms with Gasteiger partial charge >= 0.3 is 0 Å². The van der Waals surface area contributed by atoms with Crippen molar-refractivity contribution in [2.75, 3.05) is 26.7 Å². The van der Waals surface area contributed by atoms with Crippen molar-refractivity contribution < 1.29 is 14.1 Å². The van der Waals surface area contributed by atoms with E-state index in [9.17, 15) is 9.59 Å². The summed E-state index contributed by atoms with van der Waals surface area (Å²) in [6.07, 6.45) is 4.19. The van der Waals surface area contributed by atoms with E-state index in [4.69, 9.17) is 4.52 Å². The number of aromatic nitrogens is 4. The Hall–Kier alpha value is -2.71. The van der Waals surface area contributed by atoms with Gasteiger partial charge in [-0.3, -0.25) is 14.3 Å². The van der Waals surface area contributed by atoms with Crippen LogP contribution in [-0.2, 0) is 18.3 Å². The number of aryl methyl sites for hydroxylation is 1. The number of hydrogen-bond donors (Lipinski definition) is 0. The van der Waals surface area contributed by atoms with E-state index in [0.717, 1.165) is 12.8 Å². The molecule has 0 spiro atoms. The molecule has 0 atom stereocenters. The number of carbonyl (C=O) groups excluding carboxylic acids is 2. The summed E-state index contributed by atoms with van der Waals surface area (Å²) in [7, 11) is 3.56. The van der Waals surface area contributed by atoms with Crippen molar-refractivity contribution >= 4 is 11.8 Å². The molecule has 2 aliphatic rings. The molecule has 2 amide bonds. The van der Waals surface area contributed by atoms with E-state index in [-0.39, 0.29) is 23.7 Å². The van der Waals surface area contributed by atoms with Gasteiger partial charge in [0.1, 0.15) is 5.69 Å². The smallest absolute Gasteiger partial charge is 0.272 e. The molecule has 2 aromatic heterocycles. The fraction of sp³-hybridized carbons (Fsp3) is 0.588. The van der Waals surface area contributed by atoms with E-state index in [0.29, 0.717) is 43.5 Å². The van der Waals surface area contributed by atoms with E-state index in [1.165, 1.54) is 0 Å². The third-order valence-electron chi connectivity index (χ3n) is 5.02. The quantitative estimate of drug-likeness (QED) is 0.744. The number of nitrogens with zero attached hydrogens (tertiary/aromatic N) is 6. The molecule has 1 aliphatic carbocycles. The average Bonchev–Trinajstić information content (AvgIpc) is 3.19. The lowest BCUT2D eigenvalue weighted by atomic mass is 9.99. The maximum atomic E-state index is 12.4. The lowest BCUT2D eigenvalue weighted by Gasteiger charge is -2.36. The van der Waals surface area contributed by atoms with Crippen LogP contribution in [0.2, 0.25) is 0 Å². The number of hydrogen-bond acceptors (Lipinski definition) is 6. The van der Waals surface area contributed by atoms with Crippen LogP contribution in [0.1, 0.15) is 41.0 Å². The van der Waals surface area contributed by atoms with Crippen LogP contribution in [0.5, 0.6) is 0 Å². The molecule has 9 nitrogen and oxygen atoms in total. The zero-order valence-electron chi connectivity index (χ0n) is 15.0. The van der Waals surface area contributed by atoms with E-state index < -0.39 is 0 Å². The normalized spacial score (nSPS) is 17.2. The van der Waals surface area contributed by atoms with Crippen LogP contribution in [0.15, 0.2) is 16.8 Å². The van der Waals surface area contributed by atoms with Gasteiger partial charge in [-0.2, -0.15) is 10.1 Å². The second kappa shape index (κ2) is 6.54. The second-order valence-corrected chi connectivity index (χ2v) is 7.08. The Morgan fingerprint density at radius 1 is 1.35 bits per heavy atom. The van der Waals surface area contributed by atoms with Crippen LogP contribution < -0.4 is 0 Å². The van der Waals surface area contributed by atoms with Crippen molar-refractivity contribution in [3.05, 3.63) is 29.7 Å². The molecule has 1 saturated carbocycles. The van der Waals surface area contributed by atoms with Gasteiger partial charge in [-0.1, -0.05) is 5.16 Å². The zero-order valence-corrected chi connectivity index (χ0v) is 15.0. The molecule has 0 unspecified atom stereocenters. The molecule has 1 saturated heterocycles. The highest BCUT2D eigenvalue weighted by Crippen LogP contribution is 2.30. The summed E-state index contributed by atoms with van der Waals surface area (Å²) in [5.74, 6) is 1.62. The Balaban J connectivity index is 1.27. The second-order valence-electron chi connectivity index (χ2n) is 7.08. The Labute approximate surface area is 150 Å². The van der Waals surface area contributed by atoms with Gasteiger partial charge in [-0.25, -0.2) is 0 Å². The Morgan fingerprint density at radius 2 is 2.12 bits per heavy atom. The third kappa shape index (κ3) is 3.21. The van der Waals surface area contributed by atoms with Gasteiger partial charge in [0.2, 0.25) is 11.8 Å². The summed E-state index contributed by atoms with van der Waals surface area (Å²) >= 11 is 0. The van der Waals surface area contributed by atoms with Crippen molar-refractivity contribution in [1.82, 2.24) is 29.7 Å². The highest BCUT2D eigenvalue weighted by atomic mass is 16.5. The summed E-state index contributed by atoms with van der Waals surface area (Å²) in [6, 6.07) is 1.71. The number of rotatable bonds is 6. The number of amides is 2. The summed E-state index contributed by atoms with van der Waals surface area (Å²) in [5, 5.41) is 8.02. The van der Waals surface area contributed by atoms with Gasteiger partial charge in [0.05, 0.1) is 5.92 Å². The van der Waals surface area contributed by atoms with Gasteiger partial charge in [-0.15, -0.1) is 0 Å². The maximum Gasteiger partial charge on any atom is 0.272 e. The van der Waals surface area contributed by atoms with Gasteiger partial charge < -0.3 is 14.3 Å². The fourth-order valence-corrected chi connectivity index (χ4v) is 3.10. The standard InChI is InChI=1S/C17H22N6O3/c1-21(16(24)11-3-4-11)8-6-14-19-15(26-20-14)12-9-23(10-12)17(25)13-5-7-18-22(13)2/h5,7,11-12H,3-4,6,8-10H2,1-2H3. The molecule has 4 rings (SSSR count).